The monoisotopic (exact) mass is 314 g/mol. The minimum absolute atomic E-state index is 0.137. The van der Waals surface area contributed by atoms with Gasteiger partial charge < -0.3 is 4.74 Å². The average Bonchev–Trinajstić information content (AvgIpc) is 3.02. The van der Waals surface area contributed by atoms with E-state index in [4.69, 9.17) is 4.74 Å². The smallest absolute Gasteiger partial charge is 0.355 e. The highest BCUT2D eigenvalue weighted by Crippen LogP contribution is 2.23. The van der Waals surface area contributed by atoms with Crippen molar-refractivity contribution in [1.29, 1.82) is 0 Å². The Bertz CT molecular complexity index is 709. The lowest BCUT2D eigenvalue weighted by Gasteiger charge is -2.15. The van der Waals surface area contributed by atoms with E-state index in [1.807, 2.05) is 12.1 Å². The number of hydrogen-bond donors (Lipinski definition) is 1. The Kier molecular flexibility index (Phi) is 4.23. The van der Waals surface area contributed by atoms with E-state index in [9.17, 15) is 14.4 Å². The lowest BCUT2D eigenvalue weighted by atomic mass is 10.0. The zero-order chi connectivity index (χ0) is 16.4. The fraction of sp³-hybridized carbons (Fsp3) is 0.412. The van der Waals surface area contributed by atoms with Crippen molar-refractivity contribution in [3.05, 3.63) is 34.9 Å². The van der Waals surface area contributed by atoms with Crippen molar-refractivity contribution in [2.24, 2.45) is 5.10 Å². The van der Waals surface area contributed by atoms with Gasteiger partial charge in [0.1, 0.15) is 5.71 Å². The van der Waals surface area contributed by atoms with Crippen molar-refractivity contribution in [3.8, 4) is 0 Å². The molecule has 0 saturated heterocycles. The summed E-state index contributed by atoms with van der Waals surface area (Å²) in [5, 5.41) is 3.67. The molecule has 6 nitrogen and oxygen atoms in total. The Hall–Kier alpha value is -2.50. The molecule has 0 radical (unpaired) electrons. The number of carbonyl (C=O) groups is 3. The molecular weight excluding hydrogens is 296 g/mol. The van der Waals surface area contributed by atoms with Gasteiger partial charge in [0.2, 0.25) is 11.7 Å². The largest absolute Gasteiger partial charge is 0.450 e. The average molecular weight is 314 g/mol. The molecule has 1 amide bonds. The van der Waals surface area contributed by atoms with E-state index in [0.29, 0.717) is 5.56 Å². The fourth-order valence-electron chi connectivity index (χ4n) is 2.86. The maximum absolute atomic E-state index is 12.4. The molecule has 0 bridgehead atoms. The first-order valence-electron chi connectivity index (χ1n) is 7.77. The molecule has 120 valence electrons. The number of ketones is 1. The van der Waals surface area contributed by atoms with Gasteiger partial charge >= 0.3 is 5.97 Å². The predicted molar refractivity (Wildman–Crippen MR) is 83.2 cm³/mol. The number of ether oxygens (including phenoxy) is 1. The molecule has 0 fully saturated rings. The van der Waals surface area contributed by atoms with Crippen molar-refractivity contribution in [2.45, 2.75) is 45.1 Å². The van der Waals surface area contributed by atoms with Gasteiger partial charge in [0.15, 0.2) is 6.10 Å². The summed E-state index contributed by atoms with van der Waals surface area (Å²) in [7, 11) is 0. The maximum atomic E-state index is 12.4. The van der Waals surface area contributed by atoms with Crippen LogP contribution in [0.1, 0.15) is 47.7 Å². The van der Waals surface area contributed by atoms with Gasteiger partial charge in [0, 0.05) is 18.4 Å². The number of hydrazone groups is 1. The van der Waals surface area contributed by atoms with Crippen LogP contribution in [0.25, 0.3) is 0 Å². The quantitative estimate of drug-likeness (QED) is 0.675. The van der Waals surface area contributed by atoms with Crippen LogP contribution in [0.2, 0.25) is 0 Å². The highest BCUT2D eigenvalue weighted by molar-refractivity contribution is 6.37. The number of nitrogens with one attached hydrogen (secondary N) is 1. The molecule has 1 aromatic carbocycles. The van der Waals surface area contributed by atoms with Crippen molar-refractivity contribution >= 4 is 23.4 Å². The van der Waals surface area contributed by atoms with Gasteiger partial charge in [0.25, 0.3) is 0 Å². The SMILES string of the molecule is C[C@@H](OC(=O)C1=NNC(=O)CC1)C(=O)c1ccc2c(c1)CCC2. The van der Waals surface area contributed by atoms with E-state index in [1.54, 1.807) is 13.0 Å². The summed E-state index contributed by atoms with van der Waals surface area (Å²) in [6.45, 7) is 1.55. The van der Waals surface area contributed by atoms with Gasteiger partial charge in [-0.3, -0.25) is 9.59 Å². The van der Waals surface area contributed by atoms with Crippen LogP contribution < -0.4 is 5.43 Å². The number of Topliss-reactive ketones (excluding diaryl/α,β-unsaturated/α-hetero) is 1. The molecule has 1 aromatic rings. The maximum Gasteiger partial charge on any atom is 0.355 e. The first-order chi connectivity index (χ1) is 11.0. The Morgan fingerprint density at radius 2 is 1.96 bits per heavy atom. The number of rotatable bonds is 4. The fourth-order valence-corrected chi connectivity index (χ4v) is 2.86. The summed E-state index contributed by atoms with van der Waals surface area (Å²) in [4.78, 5) is 35.4. The van der Waals surface area contributed by atoms with Crippen LogP contribution in [0.5, 0.6) is 0 Å². The summed E-state index contributed by atoms with van der Waals surface area (Å²) in [6, 6.07) is 5.66. The minimum atomic E-state index is -0.887. The summed E-state index contributed by atoms with van der Waals surface area (Å²) in [5.74, 6) is -1.12. The number of amides is 1. The number of benzene rings is 1. The van der Waals surface area contributed by atoms with Crippen LogP contribution in [-0.4, -0.2) is 29.5 Å². The Labute approximate surface area is 133 Å². The van der Waals surface area contributed by atoms with Gasteiger partial charge in [-0.2, -0.15) is 5.10 Å². The Balaban J connectivity index is 1.66. The van der Waals surface area contributed by atoms with Gasteiger partial charge in [-0.25, -0.2) is 10.2 Å². The molecule has 1 aliphatic carbocycles. The molecule has 0 saturated carbocycles. The van der Waals surface area contributed by atoms with Crippen LogP contribution in [0.4, 0.5) is 0 Å². The molecule has 0 aromatic heterocycles. The molecule has 1 aliphatic heterocycles. The molecule has 23 heavy (non-hydrogen) atoms. The Morgan fingerprint density at radius 3 is 2.70 bits per heavy atom. The van der Waals surface area contributed by atoms with Crippen LogP contribution in [0.3, 0.4) is 0 Å². The minimum Gasteiger partial charge on any atom is -0.450 e. The molecule has 6 heteroatoms. The number of carbonyl (C=O) groups excluding carboxylic acids is 3. The van der Waals surface area contributed by atoms with E-state index >= 15 is 0 Å². The van der Waals surface area contributed by atoms with Crippen molar-refractivity contribution in [3.63, 3.8) is 0 Å². The third-order valence-corrected chi connectivity index (χ3v) is 4.18. The molecule has 1 atom stereocenters. The summed E-state index contributed by atoms with van der Waals surface area (Å²) in [5.41, 5.74) is 5.43. The highest BCUT2D eigenvalue weighted by Gasteiger charge is 2.25. The molecule has 1 N–H and O–H groups in total. The third kappa shape index (κ3) is 3.31. The molecular formula is C17H18N2O4. The number of hydrogen-bond acceptors (Lipinski definition) is 5. The third-order valence-electron chi connectivity index (χ3n) is 4.18. The second-order valence-corrected chi connectivity index (χ2v) is 5.84. The van der Waals surface area contributed by atoms with Crippen LogP contribution in [-0.2, 0) is 27.2 Å². The predicted octanol–water partition coefficient (Wildman–Crippen LogP) is 1.56. The first kappa shape index (κ1) is 15.4. The lowest BCUT2D eigenvalue weighted by molar-refractivity contribution is -0.138. The van der Waals surface area contributed by atoms with E-state index in [1.165, 1.54) is 11.1 Å². The van der Waals surface area contributed by atoms with E-state index < -0.39 is 12.1 Å². The normalized spacial score (nSPS) is 17.8. The highest BCUT2D eigenvalue weighted by atomic mass is 16.5. The molecule has 0 spiro atoms. The van der Waals surface area contributed by atoms with Gasteiger partial charge in [-0.05, 0) is 43.4 Å². The van der Waals surface area contributed by atoms with Gasteiger partial charge in [-0.15, -0.1) is 0 Å². The van der Waals surface area contributed by atoms with Crippen LogP contribution in [0, 0.1) is 0 Å². The first-order valence-corrected chi connectivity index (χ1v) is 7.77. The van der Waals surface area contributed by atoms with Crippen molar-refractivity contribution < 1.29 is 19.1 Å². The zero-order valence-corrected chi connectivity index (χ0v) is 12.9. The second-order valence-electron chi connectivity index (χ2n) is 5.84. The number of nitrogens with zero attached hydrogens (tertiary/aromatic N) is 1. The molecule has 2 aliphatic rings. The van der Waals surface area contributed by atoms with Gasteiger partial charge in [-0.1, -0.05) is 12.1 Å². The molecule has 3 rings (SSSR count). The van der Waals surface area contributed by atoms with Crippen LogP contribution in [0.15, 0.2) is 23.3 Å². The second kappa shape index (κ2) is 6.32. The summed E-state index contributed by atoms with van der Waals surface area (Å²) >= 11 is 0. The van der Waals surface area contributed by atoms with E-state index in [2.05, 4.69) is 10.5 Å². The van der Waals surface area contributed by atoms with Gasteiger partial charge in [0.05, 0.1) is 0 Å². The topological polar surface area (TPSA) is 84.8 Å². The molecule has 0 unspecified atom stereocenters. The number of esters is 1. The lowest BCUT2D eigenvalue weighted by Crippen LogP contribution is -2.34. The number of aryl methyl sites for hydroxylation is 2. The summed E-state index contributed by atoms with van der Waals surface area (Å²) < 4.78 is 5.19. The van der Waals surface area contributed by atoms with Crippen molar-refractivity contribution in [2.75, 3.05) is 0 Å². The Morgan fingerprint density at radius 1 is 1.17 bits per heavy atom. The molecule has 1 heterocycles. The standard InChI is InChI=1S/C17H18N2O4/c1-10(23-17(22)14-7-8-15(20)19-18-14)16(21)13-6-5-11-3-2-4-12(11)9-13/h5-6,9-10H,2-4,7-8H2,1H3,(H,19,20)/t10-/m1/s1. The van der Waals surface area contributed by atoms with Crippen LogP contribution >= 0.6 is 0 Å². The summed E-state index contributed by atoms with van der Waals surface area (Å²) in [6.07, 6.45) is 2.69. The van der Waals surface area contributed by atoms with Crippen molar-refractivity contribution in [1.82, 2.24) is 5.43 Å². The van der Waals surface area contributed by atoms with E-state index in [0.717, 1.165) is 19.3 Å². The van der Waals surface area contributed by atoms with E-state index in [-0.39, 0.29) is 30.2 Å². The zero-order valence-electron chi connectivity index (χ0n) is 12.9. The number of fused-ring (bicyclic) bond motifs is 1.